The highest BCUT2D eigenvalue weighted by atomic mass is 19.3. The van der Waals surface area contributed by atoms with Gasteiger partial charge in [-0.05, 0) is 49.4 Å². The summed E-state index contributed by atoms with van der Waals surface area (Å²) in [6.07, 6.45) is 0. The Hall–Kier alpha value is -3.16. The van der Waals surface area contributed by atoms with Crippen LogP contribution in [0, 0.1) is 0 Å². The van der Waals surface area contributed by atoms with Crippen LogP contribution in [-0.4, -0.2) is 31.6 Å². The maximum Gasteiger partial charge on any atom is 0.387 e. The SMILES string of the molecule is CCOc1ccc(NC(=O)CNC(=O)c2cccc(OC(F)F)c2)cc1. The number of carbonyl (C=O) groups excluding carboxylic acids is 2. The third-order valence-electron chi connectivity index (χ3n) is 3.18. The van der Waals surface area contributed by atoms with E-state index in [0.717, 1.165) is 0 Å². The number of amides is 2. The number of nitrogens with one attached hydrogen (secondary N) is 2. The molecule has 0 aliphatic carbocycles. The minimum absolute atomic E-state index is 0.108. The van der Waals surface area contributed by atoms with Gasteiger partial charge in [0.05, 0.1) is 13.2 Å². The first-order chi connectivity index (χ1) is 12.5. The summed E-state index contributed by atoms with van der Waals surface area (Å²) in [5, 5.41) is 5.03. The Morgan fingerprint density at radius 1 is 1.08 bits per heavy atom. The van der Waals surface area contributed by atoms with Gasteiger partial charge in [0.15, 0.2) is 0 Å². The van der Waals surface area contributed by atoms with Gasteiger partial charge in [-0.25, -0.2) is 0 Å². The lowest BCUT2D eigenvalue weighted by molar-refractivity contribution is -0.115. The molecule has 0 aliphatic heterocycles. The second-order valence-corrected chi connectivity index (χ2v) is 5.09. The van der Waals surface area contributed by atoms with E-state index in [1.54, 1.807) is 24.3 Å². The maximum absolute atomic E-state index is 12.2. The van der Waals surface area contributed by atoms with Gasteiger partial charge in [0, 0.05) is 11.3 Å². The average Bonchev–Trinajstić information content (AvgIpc) is 2.61. The Kier molecular flexibility index (Phi) is 6.90. The Balaban J connectivity index is 1.85. The third-order valence-corrected chi connectivity index (χ3v) is 3.18. The van der Waals surface area contributed by atoms with Crippen LogP contribution in [0.15, 0.2) is 48.5 Å². The summed E-state index contributed by atoms with van der Waals surface area (Å²) < 4.78 is 33.9. The number of carbonyl (C=O) groups is 2. The van der Waals surface area contributed by atoms with Crippen molar-refractivity contribution in [2.75, 3.05) is 18.5 Å². The molecule has 2 aromatic rings. The number of ether oxygens (including phenoxy) is 2. The van der Waals surface area contributed by atoms with E-state index in [1.807, 2.05) is 6.92 Å². The summed E-state index contributed by atoms with van der Waals surface area (Å²) in [7, 11) is 0. The second kappa shape index (κ2) is 9.36. The van der Waals surface area contributed by atoms with Crippen molar-refractivity contribution in [2.45, 2.75) is 13.5 Å². The minimum atomic E-state index is -2.98. The molecule has 8 heteroatoms. The fourth-order valence-electron chi connectivity index (χ4n) is 2.08. The fourth-order valence-corrected chi connectivity index (χ4v) is 2.08. The van der Waals surface area contributed by atoms with Crippen LogP contribution in [0.4, 0.5) is 14.5 Å². The molecular weight excluding hydrogens is 346 g/mol. The molecule has 0 heterocycles. The summed E-state index contributed by atoms with van der Waals surface area (Å²) >= 11 is 0. The van der Waals surface area contributed by atoms with Gasteiger partial charge in [0.2, 0.25) is 5.91 Å². The van der Waals surface area contributed by atoms with Crippen LogP contribution in [0.3, 0.4) is 0 Å². The van der Waals surface area contributed by atoms with Crippen LogP contribution in [0.25, 0.3) is 0 Å². The number of alkyl halides is 2. The number of anilines is 1. The molecule has 0 aliphatic rings. The van der Waals surface area contributed by atoms with Gasteiger partial charge in [-0.2, -0.15) is 8.78 Å². The molecule has 2 amide bonds. The first-order valence-corrected chi connectivity index (χ1v) is 7.83. The number of rotatable bonds is 8. The number of hydrogen-bond acceptors (Lipinski definition) is 4. The van der Waals surface area contributed by atoms with Gasteiger partial charge < -0.3 is 20.1 Å². The normalized spacial score (nSPS) is 10.3. The van der Waals surface area contributed by atoms with E-state index < -0.39 is 18.4 Å². The van der Waals surface area contributed by atoms with Crippen molar-refractivity contribution in [1.29, 1.82) is 0 Å². The van der Waals surface area contributed by atoms with Gasteiger partial charge in [0.25, 0.3) is 5.91 Å². The lowest BCUT2D eigenvalue weighted by atomic mass is 10.2. The molecular formula is C18H18F2N2O4. The van der Waals surface area contributed by atoms with Gasteiger partial charge in [-0.3, -0.25) is 9.59 Å². The third kappa shape index (κ3) is 6.04. The molecule has 138 valence electrons. The fraction of sp³-hybridized carbons (Fsp3) is 0.222. The van der Waals surface area contributed by atoms with Crippen molar-refractivity contribution in [1.82, 2.24) is 5.32 Å². The topological polar surface area (TPSA) is 76.7 Å². The van der Waals surface area contributed by atoms with Gasteiger partial charge >= 0.3 is 6.61 Å². The molecule has 26 heavy (non-hydrogen) atoms. The molecule has 2 N–H and O–H groups in total. The first-order valence-electron chi connectivity index (χ1n) is 7.83. The zero-order valence-electron chi connectivity index (χ0n) is 14.0. The smallest absolute Gasteiger partial charge is 0.387 e. The van der Waals surface area contributed by atoms with Crippen molar-refractivity contribution in [3.8, 4) is 11.5 Å². The lowest BCUT2D eigenvalue weighted by Crippen LogP contribution is -2.32. The van der Waals surface area contributed by atoms with E-state index in [2.05, 4.69) is 15.4 Å². The summed E-state index contributed by atoms with van der Waals surface area (Å²) in [4.78, 5) is 23.9. The Bertz CT molecular complexity index is 751. The summed E-state index contributed by atoms with van der Waals surface area (Å²) in [6.45, 7) is -0.839. The van der Waals surface area contributed by atoms with Crippen LogP contribution in [0.2, 0.25) is 0 Å². The molecule has 0 unspecified atom stereocenters. The number of halogens is 2. The van der Waals surface area contributed by atoms with E-state index in [1.165, 1.54) is 24.3 Å². The average molecular weight is 364 g/mol. The zero-order valence-corrected chi connectivity index (χ0v) is 14.0. The van der Waals surface area contributed by atoms with Crippen molar-refractivity contribution in [3.63, 3.8) is 0 Å². The molecule has 0 bridgehead atoms. The van der Waals surface area contributed by atoms with Crippen LogP contribution in [0.1, 0.15) is 17.3 Å². The maximum atomic E-state index is 12.2. The molecule has 0 spiro atoms. The molecule has 0 atom stereocenters. The standard InChI is InChI=1S/C18H18F2N2O4/c1-2-25-14-8-6-13(7-9-14)22-16(23)11-21-17(24)12-4-3-5-15(10-12)26-18(19)20/h3-10,18H,2,11H2,1H3,(H,21,24)(H,22,23). The van der Waals surface area contributed by atoms with E-state index in [-0.39, 0.29) is 17.9 Å². The Morgan fingerprint density at radius 2 is 1.81 bits per heavy atom. The predicted octanol–water partition coefficient (Wildman–Crippen LogP) is 3.06. The molecule has 0 radical (unpaired) electrons. The van der Waals surface area contributed by atoms with Gasteiger partial charge in [0.1, 0.15) is 11.5 Å². The van der Waals surface area contributed by atoms with Crippen LogP contribution < -0.4 is 20.1 Å². The van der Waals surface area contributed by atoms with Gasteiger partial charge in [-0.1, -0.05) is 6.07 Å². The first kappa shape index (κ1) is 19.2. The van der Waals surface area contributed by atoms with E-state index >= 15 is 0 Å². The van der Waals surface area contributed by atoms with Crippen LogP contribution in [-0.2, 0) is 4.79 Å². The van der Waals surface area contributed by atoms with Crippen LogP contribution >= 0.6 is 0 Å². The summed E-state index contributed by atoms with van der Waals surface area (Å²) in [5.74, 6) is -0.453. The van der Waals surface area contributed by atoms with E-state index in [0.29, 0.717) is 18.0 Å². The van der Waals surface area contributed by atoms with Crippen molar-refractivity contribution >= 4 is 17.5 Å². The van der Waals surface area contributed by atoms with Crippen molar-refractivity contribution in [3.05, 3.63) is 54.1 Å². The molecule has 0 saturated heterocycles. The summed E-state index contributed by atoms with van der Waals surface area (Å²) in [5.41, 5.74) is 0.664. The van der Waals surface area contributed by atoms with Crippen molar-refractivity contribution < 1.29 is 27.8 Å². The second-order valence-electron chi connectivity index (χ2n) is 5.09. The highest BCUT2D eigenvalue weighted by molar-refractivity contribution is 5.99. The molecule has 2 aromatic carbocycles. The molecule has 6 nitrogen and oxygen atoms in total. The highest BCUT2D eigenvalue weighted by Crippen LogP contribution is 2.16. The number of hydrogen-bond donors (Lipinski definition) is 2. The Morgan fingerprint density at radius 3 is 2.46 bits per heavy atom. The zero-order chi connectivity index (χ0) is 18.9. The summed E-state index contributed by atoms with van der Waals surface area (Å²) in [6, 6.07) is 12.1. The minimum Gasteiger partial charge on any atom is -0.494 e. The van der Waals surface area contributed by atoms with Crippen LogP contribution in [0.5, 0.6) is 11.5 Å². The molecule has 0 aromatic heterocycles. The molecule has 2 rings (SSSR count). The van der Waals surface area contributed by atoms with Gasteiger partial charge in [-0.15, -0.1) is 0 Å². The van der Waals surface area contributed by atoms with E-state index in [4.69, 9.17) is 4.74 Å². The van der Waals surface area contributed by atoms with Crippen molar-refractivity contribution in [2.24, 2.45) is 0 Å². The molecule has 0 fully saturated rings. The van der Waals surface area contributed by atoms with E-state index in [9.17, 15) is 18.4 Å². The largest absolute Gasteiger partial charge is 0.494 e. The molecule has 0 saturated carbocycles. The highest BCUT2D eigenvalue weighted by Gasteiger charge is 2.11. The number of benzene rings is 2. The Labute approximate surface area is 149 Å². The monoisotopic (exact) mass is 364 g/mol. The quantitative estimate of drug-likeness (QED) is 0.755. The predicted molar refractivity (Wildman–Crippen MR) is 91.6 cm³/mol. The lowest BCUT2D eigenvalue weighted by Gasteiger charge is -2.09.